The predicted octanol–water partition coefficient (Wildman–Crippen LogP) is 3.18. The molecule has 164 valence electrons. The lowest BCUT2D eigenvalue weighted by Crippen LogP contribution is -2.57. The van der Waals surface area contributed by atoms with Crippen molar-refractivity contribution >= 4 is 29.9 Å². The summed E-state index contributed by atoms with van der Waals surface area (Å²) in [6, 6.07) is 6.43. The molecule has 0 aromatic heterocycles. The first-order valence-corrected chi connectivity index (χ1v) is 10.4. The van der Waals surface area contributed by atoms with Crippen LogP contribution in [-0.2, 0) is 11.3 Å². The fraction of sp³-hybridized carbons (Fsp3) is 0.682. The number of aryl methyl sites for hydroxylation is 1. The van der Waals surface area contributed by atoms with Gasteiger partial charge in [0.15, 0.2) is 5.96 Å². The average Bonchev–Trinajstić information content (AvgIpc) is 3.52. The number of aliphatic imine (C=N–C) groups is 1. The van der Waals surface area contributed by atoms with Gasteiger partial charge in [-0.25, -0.2) is 0 Å². The second-order valence-corrected chi connectivity index (χ2v) is 8.38. The summed E-state index contributed by atoms with van der Waals surface area (Å²) in [5.74, 6) is 2.56. The van der Waals surface area contributed by atoms with Crippen molar-refractivity contribution in [3.8, 4) is 5.75 Å². The van der Waals surface area contributed by atoms with Gasteiger partial charge in [-0.15, -0.1) is 24.0 Å². The van der Waals surface area contributed by atoms with Crippen LogP contribution in [-0.4, -0.2) is 63.9 Å². The van der Waals surface area contributed by atoms with Gasteiger partial charge in [-0.1, -0.05) is 12.1 Å². The van der Waals surface area contributed by atoms with Crippen molar-refractivity contribution < 1.29 is 9.47 Å². The number of hydrogen-bond acceptors (Lipinski definition) is 4. The van der Waals surface area contributed by atoms with Gasteiger partial charge in [0.2, 0.25) is 0 Å². The molecule has 6 nitrogen and oxygen atoms in total. The molecule has 0 amide bonds. The number of likely N-dealkylation sites (N-methyl/N-ethyl adjacent to an activating group) is 1. The van der Waals surface area contributed by atoms with Crippen molar-refractivity contribution in [1.82, 2.24) is 15.5 Å². The highest BCUT2D eigenvalue weighted by Gasteiger charge is 2.34. The molecular weight excluding hydrogens is 479 g/mol. The Kier molecular flexibility index (Phi) is 9.49. The third-order valence-corrected chi connectivity index (χ3v) is 6.02. The summed E-state index contributed by atoms with van der Waals surface area (Å²) >= 11 is 0. The van der Waals surface area contributed by atoms with E-state index in [0.29, 0.717) is 6.54 Å². The van der Waals surface area contributed by atoms with Gasteiger partial charge in [0.05, 0.1) is 6.61 Å². The fourth-order valence-electron chi connectivity index (χ4n) is 3.62. The van der Waals surface area contributed by atoms with E-state index in [1.54, 1.807) is 0 Å². The summed E-state index contributed by atoms with van der Waals surface area (Å²) in [5, 5.41) is 6.98. The molecule has 2 N–H and O–H groups in total. The minimum atomic E-state index is 0. The van der Waals surface area contributed by atoms with E-state index in [1.165, 1.54) is 24.0 Å². The Morgan fingerprint density at radius 3 is 2.59 bits per heavy atom. The van der Waals surface area contributed by atoms with Gasteiger partial charge >= 0.3 is 0 Å². The maximum Gasteiger partial charge on any atom is 0.191 e. The molecule has 29 heavy (non-hydrogen) atoms. The van der Waals surface area contributed by atoms with Crippen LogP contribution in [0.25, 0.3) is 0 Å². The average molecular weight is 516 g/mol. The van der Waals surface area contributed by atoms with Crippen LogP contribution in [0.1, 0.15) is 36.8 Å². The topological polar surface area (TPSA) is 58.1 Å². The molecule has 1 aromatic rings. The highest BCUT2D eigenvalue weighted by molar-refractivity contribution is 14.0. The monoisotopic (exact) mass is 516 g/mol. The first-order chi connectivity index (χ1) is 13.5. The zero-order chi connectivity index (χ0) is 20.0. The van der Waals surface area contributed by atoms with Gasteiger partial charge in [-0.3, -0.25) is 4.99 Å². The molecule has 0 radical (unpaired) electrons. The summed E-state index contributed by atoms with van der Waals surface area (Å²) in [4.78, 5) is 6.73. The number of nitrogens with one attached hydrogen (secondary N) is 2. The highest BCUT2D eigenvalue weighted by Crippen LogP contribution is 2.30. The summed E-state index contributed by atoms with van der Waals surface area (Å²) in [5.41, 5.74) is 2.50. The normalized spacial score (nSPS) is 18.9. The van der Waals surface area contributed by atoms with Crippen molar-refractivity contribution in [2.45, 2.75) is 44.7 Å². The third kappa shape index (κ3) is 7.00. The Bertz CT molecular complexity index is 671. The molecule has 3 rings (SSSR count). The summed E-state index contributed by atoms with van der Waals surface area (Å²) in [7, 11) is 6.12. The Morgan fingerprint density at radius 1 is 1.24 bits per heavy atom. The van der Waals surface area contributed by atoms with Gasteiger partial charge in [0.1, 0.15) is 5.75 Å². The Hall–Kier alpha value is -1.06. The van der Waals surface area contributed by atoms with Gasteiger partial charge in [-0.2, -0.15) is 0 Å². The van der Waals surface area contributed by atoms with Gasteiger partial charge in [0.25, 0.3) is 0 Å². The van der Waals surface area contributed by atoms with E-state index >= 15 is 0 Å². The van der Waals surface area contributed by atoms with E-state index in [-0.39, 0.29) is 29.5 Å². The Balaban J connectivity index is 0.00000300. The molecule has 0 bridgehead atoms. The summed E-state index contributed by atoms with van der Waals surface area (Å²) in [6.45, 7) is 6.11. The minimum absolute atomic E-state index is 0. The minimum Gasteiger partial charge on any atom is -0.493 e. The lowest BCUT2D eigenvalue weighted by Gasteiger charge is -2.43. The molecule has 2 fully saturated rings. The van der Waals surface area contributed by atoms with Crippen LogP contribution in [0.5, 0.6) is 5.75 Å². The quantitative estimate of drug-likeness (QED) is 0.316. The van der Waals surface area contributed by atoms with E-state index in [1.807, 2.05) is 7.05 Å². The zero-order valence-corrected chi connectivity index (χ0v) is 20.6. The molecule has 0 spiro atoms. The standard InChI is InChI=1S/C22H36N4O2.HI/c1-17-5-8-19(20(13-17)28-15-18-6-7-18)14-24-21(23-2)25-16-22(26(3)4)9-11-27-12-10-22;/h5,8,13,18H,6-7,9-12,14-16H2,1-4H3,(H2,23,24,25);1H. The first kappa shape index (κ1) is 24.2. The Morgan fingerprint density at radius 2 is 1.97 bits per heavy atom. The largest absolute Gasteiger partial charge is 0.493 e. The van der Waals surface area contributed by atoms with Crippen LogP contribution in [0.15, 0.2) is 23.2 Å². The van der Waals surface area contributed by atoms with Crippen molar-refractivity contribution in [2.75, 3.05) is 47.5 Å². The lowest BCUT2D eigenvalue weighted by atomic mass is 9.88. The predicted molar refractivity (Wildman–Crippen MR) is 129 cm³/mol. The Labute approximate surface area is 192 Å². The van der Waals surface area contributed by atoms with Crippen LogP contribution >= 0.6 is 24.0 Å². The fourth-order valence-corrected chi connectivity index (χ4v) is 3.62. The number of halogens is 1. The van der Waals surface area contributed by atoms with Gasteiger partial charge < -0.3 is 25.0 Å². The van der Waals surface area contributed by atoms with Crippen LogP contribution < -0.4 is 15.4 Å². The first-order valence-electron chi connectivity index (χ1n) is 10.4. The molecule has 1 heterocycles. The van der Waals surface area contributed by atoms with Crippen LogP contribution in [0.2, 0.25) is 0 Å². The highest BCUT2D eigenvalue weighted by atomic mass is 127. The molecular formula is C22H37IN4O2. The van der Waals surface area contributed by atoms with Gasteiger partial charge in [0, 0.05) is 44.5 Å². The van der Waals surface area contributed by atoms with E-state index in [4.69, 9.17) is 9.47 Å². The van der Waals surface area contributed by atoms with Gasteiger partial charge in [-0.05, 0) is 64.3 Å². The smallest absolute Gasteiger partial charge is 0.191 e. The molecule has 7 heteroatoms. The van der Waals surface area contributed by atoms with Crippen LogP contribution in [0.3, 0.4) is 0 Å². The molecule has 1 aromatic carbocycles. The second kappa shape index (κ2) is 11.4. The molecule has 1 saturated carbocycles. The SMILES string of the molecule is CN=C(NCc1ccc(C)cc1OCC1CC1)NCC1(N(C)C)CCOCC1.I. The maximum absolute atomic E-state index is 6.09. The maximum atomic E-state index is 6.09. The van der Waals surface area contributed by atoms with Crippen LogP contribution in [0.4, 0.5) is 0 Å². The van der Waals surface area contributed by atoms with Crippen molar-refractivity contribution in [1.29, 1.82) is 0 Å². The molecule has 1 saturated heterocycles. The number of ether oxygens (including phenoxy) is 2. The van der Waals surface area contributed by atoms with Crippen molar-refractivity contribution in [3.63, 3.8) is 0 Å². The summed E-state index contributed by atoms with van der Waals surface area (Å²) in [6.07, 6.45) is 4.66. The van der Waals surface area contributed by atoms with E-state index < -0.39 is 0 Å². The molecule has 2 aliphatic rings. The molecule has 0 atom stereocenters. The zero-order valence-electron chi connectivity index (χ0n) is 18.3. The molecule has 0 unspecified atom stereocenters. The summed E-state index contributed by atoms with van der Waals surface area (Å²) < 4.78 is 11.7. The van der Waals surface area contributed by atoms with Crippen LogP contribution in [0, 0.1) is 12.8 Å². The number of rotatable bonds is 8. The molecule has 1 aliphatic carbocycles. The van der Waals surface area contributed by atoms with E-state index in [0.717, 1.165) is 56.8 Å². The second-order valence-electron chi connectivity index (χ2n) is 8.38. The van der Waals surface area contributed by atoms with Crippen molar-refractivity contribution in [3.05, 3.63) is 29.3 Å². The number of nitrogens with zero attached hydrogens (tertiary/aromatic N) is 2. The number of benzene rings is 1. The third-order valence-electron chi connectivity index (χ3n) is 6.02. The molecule has 1 aliphatic heterocycles. The number of hydrogen-bond donors (Lipinski definition) is 2. The van der Waals surface area contributed by atoms with Crippen molar-refractivity contribution in [2.24, 2.45) is 10.9 Å². The lowest BCUT2D eigenvalue weighted by molar-refractivity contribution is -0.00501. The number of guanidine groups is 1. The van der Waals surface area contributed by atoms with E-state index in [9.17, 15) is 0 Å². The van der Waals surface area contributed by atoms with E-state index in [2.05, 4.69) is 59.7 Å².